The molecule has 0 saturated carbocycles. The number of hydrogen-bond acceptors (Lipinski definition) is 6. The molecule has 6 N–H and O–H groups in total. The molecule has 1 unspecified atom stereocenters. The van der Waals surface area contributed by atoms with Crippen LogP contribution in [0.3, 0.4) is 0 Å². The standard InChI is InChI=1S/C34H45FN4O5/c1-5-12-39(13-6-2)32(42)26-17-25(31(36)41)18-34(19-26,33(37)43)28(15-23-11-10-22(3)29(35)16-23)30(40)21-38-20-24-8-7-9-27(14-24)44-4/h7-11,14,16-18,28,30,38,40H,5-6,12-13,15,19-21H2,1-4H3,(H2,36,41)(H2,37,43)/t28-,30+,34?/m1/s1. The van der Waals surface area contributed by atoms with Gasteiger partial charge in [0.15, 0.2) is 0 Å². The Morgan fingerprint density at radius 2 is 1.80 bits per heavy atom. The van der Waals surface area contributed by atoms with Crippen molar-refractivity contribution in [2.75, 3.05) is 26.7 Å². The molecule has 238 valence electrons. The molecule has 0 heterocycles. The predicted molar refractivity (Wildman–Crippen MR) is 168 cm³/mol. The van der Waals surface area contributed by atoms with Crippen LogP contribution in [0.5, 0.6) is 5.75 Å². The van der Waals surface area contributed by atoms with Crippen molar-refractivity contribution < 1.29 is 28.6 Å². The minimum Gasteiger partial charge on any atom is -0.497 e. The van der Waals surface area contributed by atoms with Gasteiger partial charge in [-0.25, -0.2) is 4.39 Å². The largest absolute Gasteiger partial charge is 0.497 e. The van der Waals surface area contributed by atoms with Crippen molar-refractivity contribution in [3.05, 3.63) is 88.3 Å². The third-order valence-corrected chi connectivity index (χ3v) is 8.15. The number of rotatable bonds is 16. The van der Waals surface area contributed by atoms with E-state index in [0.717, 1.165) is 18.4 Å². The molecule has 3 atom stereocenters. The van der Waals surface area contributed by atoms with Gasteiger partial charge in [-0.1, -0.05) is 44.2 Å². The van der Waals surface area contributed by atoms with E-state index in [1.165, 1.54) is 18.2 Å². The Kier molecular flexibility index (Phi) is 12.2. The van der Waals surface area contributed by atoms with Crippen molar-refractivity contribution in [1.82, 2.24) is 10.2 Å². The number of halogens is 1. The number of nitrogens with zero attached hydrogens (tertiary/aromatic N) is 1. The molecule has 9 nitrogen and oxygen atoms in total. The monoisotopic (exact) mass is 608 g/mol. The highest BCUT2D eigenvalue weighted by Gasteiger charge is 2.49. The second kappa shape index (κ2) is 15.6. The average molecular weight is 609 g/mol. The lowest BCUT2D eigenvalue weighted by molar-refractivity contribution is -0.132. The van der Waals surface area contributed by atoms with E-state index in [2.05, 4.69) is 5.32 Å². The van der Waals surface area contributed by atoms with Crippen molar-refractivity contribution in [2.45, 2.75) is 59.1 Å². The van der Waals surface area contributed by atoms with E-state index in [4.69, 9.17) is 16.2 Å². The van der Waals surface area contributed by atoms with Crippen LogP contribution in [0.25, 0.3) is 0 Å². The summed E-state index contributed by atoms with van der Waals surface area (Å²) in [5.74, 6) is -2.66. The number of carbonyl (C=O) groups excluding carboxylic acids is 3. The Morgan fingerprint density at radius 1 is 1.09 bits per heavy atom. The summed E-state index contributed by atoms with van der Waals surface area (Å²) in [4.78, 5) is 41.5. The molecule has 0 radical (unpaired) electrons. The van der Waals surface area contributed by atoms with Crippen LogP contribution in [-0.4, -0.2) is 60.6 Å². The molecule has 3 rings (SSSR count). The number of nitrogens with two attached hydrogens (primary N) is 2. The van der Waals surface area contributed by atoms with E-state index in [1.807, 2.05) is 38.1 Å². The highest BCUT2D eigenvalue weighted by Crippen LogP contribution is 2.44. The first-order valence-corrected chi connectivity index (χ1v) is 15.0. The highest BCUT2D eigenvalue weighted by molar-refractivity contribution is 6.03. The molecule has 0 fully saturated rings. The number of carbonyl (C=O) groups is 3. The molecule has 3 amide bonds. The number of aliphatic hydroxyl groups is 1. The number of hydrogen-bond donors (Lipinski definition) is 4. The number of ether oxygens (including phenoxy) is 1. The van der Waals surface area contributed by atoms with Crippen molar-refractivity contribution in [1.29, 1.82) is 0 Å². The molecule has 10 heteroatoms. The summed E-state index contributed by atoms with van der Waals surface area (Å²) >= 11 is 0. The Labute approximate surface area is 259 Å². The smallest absolute Gasteiger partial charge is 0.249 e. The predicted octanol–water partition coefficient (Wildman–Crippen LogP) is 3.31. The van der Waals surface area contributed by atoms with E-state index in [-0.39, 0.29) is 36.4 Å². The van der Waals surface area contributed by atoms with Gasteiger partial charge < -0.3 is 31.5 Å². The summed E-state index contributed by atoms with van der Waals surface area (Å²) in [7, 11) is 1.58. The maximum atomic E-state index is 14.6. The Morgan fingerprint density at radius 3 is 2.39 bits per heavy atom. The first-order valence-electron chi connectivity index (χ1n) is 15.0. The molecule has 0 aromatic heterocycles. The Hall–Kier alpha value is -4.02. The summed E-state index contributed by atoms with van der Waals surface area (Å²) in [6, 6.07) is 12.2. The van der Waals surface area contributed by atoms with Gasteiger partial charge in [0.05, 0.1) is 18.6 Å². The van der Waals surface area contributed by atoms with Crippen molar-refractivity contribution >= 4 is 17.7 Å². The topological polar surface area (TPSA) is 148 Å². The number of aliphatic hydroxyl groups excluding tert-OH is 1. The third kappa shape index (κ3) is 8.33. The lowest BCUT2D eigenvalue weighted by atomic mass is 9.63. The van der Waals surface area contributed by atoms with E-state index >= 15 is 0 Å². The molecule has 0 saturated heterocycles. The van der Waals surface area contributed by atoms with Gasteiger partial charge in [-0.05, 0) is 73.6 Å². The summed E-state index contributed by atoms with van der Waals surface area (Å²) in [6.07, 6.45) is 2.95. The SMILES string of the molecule is CCCN(CCC)C(=O)C1=CC(C(N)=O)=CC(C(N)=O)([C@H](Cc2ccc(C)c(F)c2)[C@@H](O)CNCc2cccc(OC)c2)C1. The minimum absolute atomic E-state index is 0.0375. The summed E-state index contributed by atoms with van der Waals surface area (Å²) in [6.45, 7) is 6.97. The van der Waals surface area contributed by atoms with Gasteiger partial charge in [-0.2, -0.15) is 0 Å². The molecule has 0 bridgehead atoms. The van der Waals surface area contributed by atoms with Crippen LogP contribution in [0.1, 0.15) is 49.8 Å². The normalized spacial score (nSPS) is 17.7. The molecule has 44 heavy (non-hydrogen) atoms. The van der Waals surface area contributed by atoms with E-state index in [1.54, 1.807) is 31.1 Å². The fourth-order valence-electron chi connectivity index (χ4n) is 5.81. The van der Waals surface area contributed by atoms with Gasteiger partial charge in [-0.3, -0.25) is 14.4 Å². The minimum atomic E-state index is -1.67. The number of aryl methyl sites for hydroxylation is 1. The lowest BCUT2D eigenvalue weighted by Gasteiger charge is -2.42. The fraction of sp³-hybridized carbons (Fsp3) is 0.441. The molecule has 0 spiro atoms. The molecular formula is C34H45FN4O5. The number of amides is 3. The molecule has 1 aliphatic rings. The van der Waals surface area contributed by atoms with Gasteiger partial charge in [-0.15, -0.1) is 0 Å². The maximum Gasteiger partial charge on any atom is 0.249 e. The van der Waals surface area contributed by atoms with Gasteiger partial charge in [0.2, 0.25) is 17.7 Å². The molecule has 1 aliphatic carbocycles. The summed E-state index contributed by atoms with van der Waals surface area (Å²) in [5, 5.41) is 14.9. The average Bonchev–Trinajstić information content (AvgIpc) is 3.00. The fourth-order valence-corrected chi connectivity index (χ4v) is 5.81. The number of nitrogens with one attached hydrogen (secondary N) is 1. The Balaban J connectivity index is 2.05. The van der Waals surface area contributed by atoms with E-state index in [0.29, 0.717) is 36.5 Å². The zero-order chi connectivity index (χ0) is 32.4. The van der Waals surface area contributed by atoms with Gasteiger partial charge in [0, 0.05) is 43.2 Å². The van der Waals surface area contributed by atoms with Crippen LogP contribution in [0.2, 0.25) is 0 Å². The van der Waals surface area contributed by atoms with Crippen molar-refractivity contribution in [3.63, 3.8) is 0 Å². The molecule has 0 aliphatic heterocycles. The first kappa shape index (κ1) is 34.5. The van der Waals surface area contributed by atoms with Crippen LogP contribution in [0.4, 0.5) is 4.39 Å². The molecular weight excluding hydrogens is 563 g/mol. The maximum absolute atomic E-state index is 14.6. The quantitative estimate of drug-likeness (QED) is 0.230. The molecule has 2 aromatic carbocycles. The van der Waals surface area contributed by atoms with Crippen LogP contribution < -0.4 is 21.5 Å². The number of benzene rings is 2. The van der Waals surface area contributed by atoms with Gasteiger partial charge in [0.1, 0.15) is 11.6 Å². The van der Waals surface area contributed by atoms with Crippen LogP contribution in [0.15, 0.2) is 65.8 Å². The number of primary amides is 2. The first-order chi connectivity index (χ1) is 20.9. The molecule has 2 aromatic rings. The van der Waals surface area contributed by atoms with Crippen LogP contribution in [-0.2, 0) is 27.3 Å². The van der Waals surface area contributed by atoms with Crippen LogP contribution >= 0.6 is 0 Å². The van der Waals surface area contributed by atoms with Crippen LogP contribution in [0, 0.1) is 24.1 Å². The summed E-state index contributed by atoms with van der Waals surface area (Å²) in [5.41, 5.74) is 12.2. The van der Waals surface area contributed by atoms with Gasteiger partial charge >= 0.3 is 0 Å². The zero-order valence-corrected chi connectivity index (χ0v) is 26.1. The van der Waals surface area contributed by atoms with E-state index < -0.39 is 35.1 Å². The lowest BCUT2D eigenvalue weighted by Crippen LogP contribution is -2.52. The Bertz CT molecular complexity index is 1400. The third-order valence-electron chi connectivity index (χ3n) is 8.15. The second-order valence-corrected chi connectivity index (χ2v) is 11.5. The summed E-state index contributed by atoms with van der Waals surface area (Å²) < 4.78 is 19.9. The zero-order valence-electron chi connectivity index (χ0n) is 26.1. The van der Waals surface area contributed by atoms with E-state index in [9.17, 15) is 23.9 Å². The van der Waals surface area contributed by atoms with Crippen molar-refractivity contribution in [3.8, 4) is 5.75 Å². The van der Waals surface area contributed by atoms with Crippen molar-refractivity contribution in [2.24, 2.45) is 22.8 Å². The second-order valence-electron chi connectivity index (χ2n) is 11.5. The highest BCUT2D eigenvalue weighted by atomic mass is 19.1. The number of methoxy groups -OCH3 is 1. The van der Waals surface area contributed by atoms with Gasteiger partial charge in [0.25, 0.3) is 0 Å².